The molecular formula is C21H26N4O3S. The predicted molar refractivity (Wildman–Crippen MR) is 114 cm³/mol. The van der Waals surface area contributed by atoms with E-state index in [1.54, 1.807) is 18.2 Å². The van der Waals surface area contributed by atoms with Crippen LogP contribution < -0.4 is 4.74 Å². The van der Waals surface area contributed by atoms with Crippen molar-refractivity contribution in [3.63, 3.8) is 0 Å². The van der Waals surface area contributed by atoms with E-state index in [1.807, 2.05) is 24.3 Å². The predicted octanol–water partition coefficient (Wildman–Crippen LogP) is 2.76. The normalized spacial score (nSPS) is 17.2. The number of para-hydroxylation sites is 2. The fraction of sp³-hybridized carbons (Fsp3) is 0.381. The first kappa shape index (κ1) is 19.9. The van der Waals surface area contributed by atoms with Crippen LogP contribution in [0.15, 0.2) is 52.4 Å². The molecule has 1 saturated heterocycles. The third-order valence-electron chi connectivity index (χ3n) is 5.40. The molecule has 154 valence electrons. The third-order valence-corrected chi connectivity index (χ3v) is 7.21. The number of nitrogens with zero attached hydrogens (tertiary/aromatic N) is 4. The molecule has 0 atom stereocenters. The highest BCUT2D eigenvalue weighted by atomic mass is 32.2. The van der Waals surface area contributed by atoms with Gasteiger partial charge in [-0.25, -0.2) is 17.7 Å². The highest BCUT2D eigenvalue weighted by Gasteiger charge is 2.28. The summed E-state index contributed by atoms with van der Waals surface area (Å²) in [5.74, 6) is 2.04. The quantitative estimate of drug-likeness (QED) is 0.773. The van der Waals surface area contributed by atoms with Crippen LogP contribution in [0.5, 0.6) is 11.5 Å². The van der Waals surface area contributed by atoms with Gasteiger partial charge < -0.3 is 14.5 Å². The van der Waals surface area contributed by atoms with Gasteiger partial charge in [0.1, 0.15) is 17.3 Å². The van der Waals surface area contributed by atoms with E-state index in [0.29, 0.717) is 17.1 Å². The molecule has 0 bridgehead atoms. The van der Waals surface area contributed by atoms with Gasteiger partial charge in [-0.05, 0) is 36.9 Å². The summed E-state index contributed by atoms with van der Waals surface area (Å²) in [4.78, 5) is 9.77. The van der Waals surface area contributed by atoms with Gasteiger partial charge in [0.2, 0.25) is 10.0 Å². The lowest BCUT2D eigenvalue weighted by molar-refractivity contribution is 0.190. The standard InChI is InChI=1S/C21H26N4O3S/c1-4-24-11-13-25(14-12-24)21-17-15-16(29(26,27)23(2)3)9-10-19(17)28-20-8-6-5-7-18(20)22-21/h5-10,15H,4,11-14H2,1-3H3. The summed E-state index contributed by atoms with van der Waals surface area (Å²) in [6.07, 6.45) is 0. The molecule has 0 aliphatic carbocycles. The number of piperazine rings is 1. The van der Waals surface area contributed by atoms with Crippen molar-refractivity contribution in [1.82, 2.24) is 14.1 Å². The van der Waals surface area contributed by atoms with E-state index in [1.165, 1.54) is 18.4 Å². The molecule has 0 aromatic heterocycles. The van der Waals surface area contributed by atoms with Crippen LogP contribution in [0.25, 0.3) is 0 Å². The molecule has 2 heterocycles. The lowest BCUT2D eigenvalue weighted by Gasteiger charge is -2.36. The summed E-state index contributed by atoms with van der Waals surface area (Å²) < 4.78 is 32.8. The zero-order valence-electron chi connectivity index (χ0n) is 17.0. The summed E-state index contributed by atoms with van der Waals surface area (Å²) in [5.41, 5.74) is 1.45. The Balaban J connectivity index is 1.83. The van der Waals surface area contributed by atoms with Gasteiger partial charge in [0.25, 0.3) is 0 Å². The molecule has 2 aromatic rings. The molecule has 2 aliphatic rings. The second kappa shape index (κ2) is 7.78. The zero-order valence-corrected chi connectivity index (χ0v) is 17.8. The van der Waals surface area contributed by atoms with E-state index in [-0.39, 0.29) is 4.90 Å². The van der Waals surface area contributed by atoms with Gasteiger partial charge in [-0.15, -0.1) is 0 Å². The first-order valence-electron chi connectivity index (χ1n) is 9.80. The molecule has 7 nitrogen and oxygen atoms in total. The van der Waals surface area contributed by atoms with Gasteiger partial charge in [0, 0.05) is 40.3 Å². The van der Waals surface area contributed by atoms with E-state index < -0.39 is 10.0 Å². The Morgan fingerprint density at radius 3 is 2.45 bits per heavy atom. The van der Waals surface area contributed by atoms with Crippen molar-refractivity contribution in [2.75, 3.05) is 46.8 Å². The van der Waals surface area contributed by atoms with E-state index >= 15 is 0 Å². The second-order valence-corrected chi connectivity index (χ2v) is 9.52. The molecule has 1 fully saturated rings. The van der Waals surface area contributed by atoms with E-state index in [4.69, 9.17) is 9.73 Å². The number of hydrogen-bond donors (Lipinski definition) is 0. The first-order valence-corrected chi connectivity index (χ1v) is 11.2. The Morgan fingerprint density at radius 1 is 1.03 bits per heavy atom. The smallest absolute Gasteiger partial charge is 0.242 e. The Hall–Kier alpha value is -2.42. The first-order chi connectivity index (χ1) is 13.9. The maximum Gasteiger partial charge on any atom is 0.242 e. The number of fused-ring (bicyclic) bond motifs is 2. The average molecular weight is 415 g/mol. The summed E-state index contributed by atoms with van der Waals surface area (Å²) in [5, 5.41) is 0. The Bertz CT molecular complexity index is 1040. The third kappa shape index (κ3) is 3.75. The Kier molecular flexibility index (Phi) is 5.33. The molecule has 2 aromatic carbocycles. The molecule has 2 aliphatic heterocycles. The number of hydrogen-bond acceptors (Lipinski definition) is 6. The number of likely N-dealkylation sites (N-methyl/N-ethyl adjacent to an activating group) is 1. The van der Waals surface area contributed by atoms with Gasteiger partial charge in [0.05, 0.1) is 10.5 Å². The monoisotopic (exact) mass is 414 g/mol. The minimum Gasteiger partial charge on any atom is -0.454 e. The second-order valence-electron chi connectivity index (χ2n) is 7.37. The summed E-state index contributed by atoms with van der Waals surface area (Å²) in [6.45, 7) is 6.74. The van der Waals surface area contributed by atoms with E-state index in [0.717, 1.165) is 44.2 Å². The average Bonchev–Trinajstić information content (AvgIpc) is 2.89. The van der Waals surface area contributed by atoms with Crippen LogP contribution in [0.4, 0.5) is 5.69 Å². The molecule has 29 heavy (non-hydrogen) atoms. The molecule has 0 radical (unpaired) electrons. The van der Waals surface area contributed by atoms with Crippen molar-refractivity contribution in [3.8, 4) is 11.5 Å². The molecule has 8 heteroatoms. The van der Waals surface area contributed by atoms with Gasteiger partial charge in [-0.2, -0.15) is 0 Å². The number of ether oxygens (including phenoxy) is 1. The highest BCUT2D eigenvalue weighted by Crippen LogP contribution is 2.39. The SMILES string of the molecule is CCN1CCN(C2=Nc3ccccc3Oc3ccc(S(=O)(=O)N(C)C)cc32)CC1. The minimum absolute atomic E-state index is 0.232. The minimum atomic E-state index is -3.56. The molecule has 0 N–H and O–H groups in total. The largest absolute Gasteiger partial charge is 0.454 e. The zero-order chi connectivity index (χ0) is 20.6. The van der Waals surface area contributed by atoms with Gasteiger partial charge in [-0.3, -0.25) is 0 Å². The highest BCUT2D eigenvalue weighted by molar-refractivity contribution is 7.89. The molecule has 0 saturated carbocycles. The van der Waals surface area contributed by atoms with Gasteiger partial charge in [-0.1, -0.05) is 19.1 Å². The van der Waals surface area contributed by atoms with Crippen LogP contribution >= 0.6 is 0 Å². The lowest BCUT2D eigenvalue weighted by Crippen LogP contribution is -2.48. The summed E-state index contributed by atoms with van der Waals surface area (Å²) >= 11 is 0. The summed E-state index contributed by atoms with van der Waals surface area (Å²) in [7, 11) is -0.492. The molecule has 0 spiro atoms. The van der Waals surface area contributed by atoms with Crippen LogP contribution in [-0.4, -0.2) is 75.2 Å². The molecule has 0 unspecified atom stereocenters. The number of rotatable bonds is 3. The molecular weight excluding hydrogens is 388 g/mol. The van der Waals surface area contributed by atoms with Crippen LogP contribution in [0.1, 0.15) is 12.5 Å². The van der Waals surface area contributed by atoms with Crippen molar-refractivity contribution in [2.24, 2.45) is 4.99 Å². The van der Waals surface area contributed by atoms with Gasteiger partial charge in [0.15, 0.2) is 5.75 Å². The van der Waals surface area contributed by atoms with Crippen LogP contribution in [0.3, 0.4) is 0 Å². The molecule has 0 amide bonds. The topological polar surface area (TPSA) is 65.5 Å². The fourth-order valence-electron chi connectivity index (χ4n) is 3.59. The Labute approximate surface area is 172 Å². The van der Waals surface area contributed by atoms with Crippen molar-refractivity contribution < 1.29 is 13.2 Å². The Morgan fingerprint density at radius 2 is 1.76 bits per heavy atom. The van der Waals surface area contributed by atoms with Crippen molar-refractivity contribution in [1.29, 1.82) is 0 Å². The van der Waals surface area contributed by atoms with E-state index in [2.05, 4.69) is 16.7 Å². The summed E-state index contributed by atoms with van der Waals surface area (Å²) in [6, 6.07) is 12.6. The van der Waals surface area contributed by atoms with E-state index in [9.17, 15) is 8.42 Å². The number of amidine groups is 1. The van der Waals surface area contributed by atoms with Crippen LogP contribution in [-0.2, 0) is 10.0 Å². The number of aliphatic imine (C=N–C) groups is 1. The maximum atomic E-state index is 12.7. The number of benzene rings is 2. The lowest BCUT2D eigenvalue weighted by atomic mass is 10.1. The van der Waals surface area contributed by atoms with Crippen LogP contribution in [0, 0.1) is 0 Å². The van der Waals surface area contributed by atoms with Crippen molar-refractivity contribution in [2.45, 2.75) is 11.8 Å². The van der Waals surface area contributed by atoms with Crippen molar-refractivity contribution in [3.05, 3.63) is 48.0 Å². The van der Waals surface area contributed by atoms with Gasteiger partial charge >= 0.3 is 0 Å². The molecule has 4 rings (SSSR count). The van der Waals surface area contributed by atoms with Crippen LogP contribution in [0.2, 0.25) is 0 Å². The maximum absolute atomic E-state index is 12.7. The fourth-order valence-corrected chi connectivity index (χ4v) is 4.52. The number of sulfonamides is 1. The van der Waals surface area contributed by atoms with Crippen molar-refractivity contribution >= 4 is 21.5 Å².